The van der Waals surface area contributed by atoms with E-state index in [2.05, 4.69) is 21.4 Å². The summed E-state index contributed by atoms with van der Waals surface area (Å²) in [6.07, 6.45) is 8.76. The Bertz CT molecular complexity index is 662. The second kappa shape index (κ2) is 9.12. The molecule has 0 bridgehead atoms. The summed E-state index contributed by atoms with van der Waals surface area (Å²) < 4.78 is 0. The summed E-state index contributed by atoms with van der Waals surface area (Å²) in [6.45, 7) is 5.01. The lowest BCUT2D eigenvalue weighted by Gasteiger charge is -2.31. The highest BCUT2D eigenvalue weighted by Gasteiger charge is 2.24. The number of aryl methyl sites for hydroxylation is 1. The van der Waals surface area contributed by atoms with E-state index >= 15 is 0 Å². The van der Waals surface area contributed by atoms with Crippen LogP contribution in [-0.4, -0.2) is 41.4 Å². The maximum Gasteiger partial charge on any atom is 0.214 e. The molecule has 0 aliphatic carbocycles. The summed E-state index contributed by atoms with van der Waals surface area (Å²) in [4.78, 5) is 31.7. The monoisotopic (exact) mass is 346 g/mol. The number of rotatable bonds is 4. The average Bonchev–Trinajstić information content (AvgIpc) is 3.08. The molecule has 1 aromatic rings. The van der Waals surface area contributed by atoms with Gasteiger partial charge in [-0.15, -0.1) is 11.3 Å². The van der Waals surface area contributed by atoms with E-state index in [4.69, 9.17) is 0 Å². The number of aliphatic imine (C=N–C) groups is 1. The summed E-state index contributed by atoms with van der Waals surface area (Å²) >= 11 is 1.67. The first kappa shape index (κ1) is 18.1. The second-order valence-corrected chi connectivity index (χ2v) is 6.46. The standard InChI is InChI=1S/C13H17N3O2.C4H5NS/c1-2-4-12-13-11(5-3-6-14-13)15-9-16(12)7-10(18)8-17;1-4-5-2-3-6-4/h4,8-9,14H,2-3,5-7H2,1H3;2-3H,1H3/b12-4-;. The van der Waals surface area contributed by atoms with Crippen LogP contribution in [0.4, 0.5) is 0 Å². The fourth-order valence-corrected chi connectivity index (χ4v) is 2.89. The second-order valence-electron chi connectivity index (χ2n) is 5.36. The number of allylic oxidation sites excluding steroid dienone is 2. The van der Waals surface area contributed by atoms with Crippen molar-refractivity contribution < 1.29 is 9.59 Å². The maximum absolute atomic E-state index is 11.3. The van der Waals surface area contributed by atoms with E-state index in [0.717, 1.165) is 47.9 Å². The molecule has 24 heavy (non-hydrogen) atoms. The molecule has 1 N–H and O–H groups in total. The van der Waals surface area contributed by atoms with Gasteiger partial charge in [0.25, 0.3) is 0 Å². The predicted molar refractivity (Wildman–Crippen MR) is 95.8 cm³/mol. The van der Waals surface area contributed by atoms with Crippen molar-refractivity contribution in [1.82, 2.24) is 15.2 Å². The van der Waals surface area contributed by atoms with Gasteiger partial charge in [0.05, 0.1) is 35.0 Å². The van der Waals surface area contributed by atoms with E-state index in [9.17, 15) is 9.59 Å². The SMILES string of the molecule is CC/C=C1/C2=C(CCCN2)N=CN1CC(=O)C=O.Cc1nccs1. The summed E-state index contributed by atoms with van der Waals surface area (Å²) in [5.41, 5.74) is 3.00. The zero-order valence-corrected chi connectivity index (χ0v) is 14.8. The lowest BCUT2D eigenvalue weighted by Crippen LogP contribution is -2.37. The number of nitrogens with zero attached hydrogens (tertiary/aromatic N) is 3. The van der Waals surface area contributed by atoms with E-state index in [0.29, 0.717) is 6.29 Å². The molecule has 3 heterocycles. The molecule has 0 saturated heterocycles. The molecule has 0 aromatic carbocycles. The Morgan fingerprint density at radius 3 is 2.92 bits per heavy atom. The Morgan fingerprint density at radius 1 is 1.50 bits per heavy atom. The van der Waals surface area contributed by atoms with E-state index in [1.54, 1.807) is 28.8 Å². The highest BCUT2D eigenvalue weighted by molar-refractivity contribution is 7.09. The molecule has 0 amide bonds. The molecule has 3 rings (SSSR count). The first-order valence-electron chi connectivity index (χ1n) is 7.98. The van der Waals surface area contributed by atoms with Gasteiger partial charge in [-0.3, -0.25) is 14.6 Å². The van der Waals surface area contributed by atoms with Crippen molar-refractivity contribution in [2.45, 2.75) is 33.1 Å². The Balaban J connectivity index is 0.000000292. The molecule has 0 spiro atoms. The molecular formula is C17H22N4O2S. The summed E-state index contributed by atoms with van der Waals surface area (Å²) in [7, 11) is 0. The Labute approximate surface area is 146 Å². The van der Waals surface area contributed by atoms with E-state index < -0.39 is 5.78 Å². The minimum atomic E-state index is -0.441. The fraction of sp³-hybridized carbons (Fsp3) is 0.412. The van der Waals surface area contributed by atoms with Gasteiger partial charge in [0.2, 0.25) is 5.78 Å². The number of carbonyl (C=O) groups is 2. The van der Waals surface area contributed by atoms with E-state index in [1.807, 2.05) is 19.2 Å². The first-order valence-corrected chi connectivity index (χ1v) is 8.86. The minimum Gasteiger partial charge on any atom is -0.382 e. The van der Waals surface area contributed by atoms with Crippen LogP contribution in [0.1, 0.15) is 31.2 Å². The Morgan fingerprint density at radius 2 is 2.33 bits per heavy atom. The minimum absolute atomic E-state index is 0.0529. The molecule has 6 nitrogen and oxygen atoms in total. The van der Waals surface area contributed by atoms with Gasteiger partial charge in [-0.05, 0) is 26.2 Å². The van der Waals surface area contributed by atoms with Crippen molar-refractivity contribution in [1.29, 1.82) is 0 Å². The molecule has 0 unspecified atom stereocenters. The van der Waals surface area contributed by atoms with Crippen molar-refractivity contribution in [3.8, 4) is 0 Å². The molecule has 2 aliphatic heterocycles. The van der Waals surface area contributed by atoms with Crippen molar-refractivity contribution in [2.75, 3.05) is 13.1 Å². The van der Waals surface area contributed by atoms with Crippen molar-refractivity contribution >= 4 is 29.7 Å². The van der Waals surface area contributed by atoms with Gasteiger partial charge >= 0.3 is 0 Å². The topological polar surface area (TPSA) is 74.7 Å². The van der Waals surface area contributed by atoms with Gasteiger partial charge in [-0.2, -0.15) is 0 Å². The lowest BCUT2D eigenvalue weighted by molar-refractivity contribution is -0.129. The summed E-state index contributed by atoms with van der Waals surface area (Å²) in [5.74, 6) is -0.441. The molecule has 7 heteroatoms. The van der Waals surface area contributed by atoms with Gasteiger partial charge < -0.3 is 10.2 Å². The van der Waals surface area contributed by atoms with Crippen LogP contribution in [0.2, 0.25) is 0 Å². The van der Waals surface area contributed by atoms with Gasteiger partial charge in [0.15, 0.2) is 6.29 Å². The normalized spacial score (nSPS) is 17.8. The number of thiazole rings is 1. The van der Waals surface area contributed by atoms with Crippen LogP contribution in [0.3, 0.4) is 0 Å². The number of hydrogen-bond donors (Lipinski definition) is 1. The van der Waals surface area contributed by atoms with Crippen LogP contribution in [0.25, 0.3) is 0 Å². The fourth-order valence-electron chi connectivity index (χ4n) is 2.45. The zero-order chi connectivity index (χ0) is 17.4. The highest BCUT2D eigenvalue weighted by Crippen LogP contribution is 2.27. The third kappa shape index (κ3) is 4.86. The van der Waals surface area contributed by atoms with Crippen LogP contribution >= 0.6 is 11.3 Å². The number of aldehydes is 1. The molecule has 1 aromatic heterocycles. The predicted octanol–water partition coefficient (Wildman–Crippen LogP) is 2.44. The molecule has 0 atom stereocenters. The smallest absolute Gasteiger partial charge is 0.214 e. The number of aromatic nitrogens is 1. The third-order valence-corrected chi connectivity index (χ3v) is 4.21. The molecular weight excluding hydrogens is 324 g/mol. The molecule has 0 radical (unpaired) electrons. The molecule has 0 fully saturated rings. The largest absolute Gasteiger partial charge is 0.382 e. The number of nitrogens with one attached hydrogen (secondary N) is 1. The van der Waals surface area contributed by atoms with Crippen LogP contribution < -0.4 is 5.32 Å². The number of Topliss-reactive ketones (excluding diaryl/α,β-unsaturated/α-hetero) is 1. The van der Waals surface area contributed by atoms with Crippen LogP contribution in [-0.2, 0) is 9.59 Å². The van der Waals surface area contributed by atoms with E-state index in [1.165, 1.54) is 0 Å². The van der Waals surface area contributed by atoms with Crippen molar-refractivity contribution in [3.63, 3.8) is 0 Å². The van der Waals surface area contributed by atoms with Gasteiger partial charge in [0.1, 0.15) is 0 Å². The van der Waals surface area contributed by atoms with Gasteiger partial charge in [0, 0.05) is 18.1 Å². The molecule has 2 aliphatic rings. The number of hydrogen-bond acceptors (Lipinski definition) is 7. The zero-order valence-electron chi connectivity index (χ0n) is 14.0. The quantitative estimate of drug-likeness (QED) is 0.669. The highest BCUT2D eigenvalue weighted by atomic mass is 32.1. The van der Waals surface area contributed by atoms with Gasteiger partial charge in [-0.1, -0.05) is 13.0 Å². The van der Waals surface area contributed by atoms with Crippen molar-refractivity contribution in [2.24, 2.45) is 4.99 Å². The number of carbonyl (C=O) groups excluding carboxylic acids is 2. The average molecular weight is 346 g/mol. The summed E-state index contributed by atoms with van der Waals surface area (Å²) in [5, 5.41) is 6.44. The third-order valence-electron chi connectivity index (χ3n) is 3.51. The van der Waals surface area contributed by atoms with Crippen LogP contribution in [0, 0.1) is 6.92 Å². The Kier molecular flexibility index (Phi) is 6.87. The van der Waals surface area contributed by atoms with Gasteiger partial charge in [-0.25, -0.2) is 4.99 Å². The number of ketones is 1. The first-order chi connectivity index (χ1) is 11.7. The lowest BCUT2D eigenvalue weighted by atomic mass is 10.1. The van der Waals surface area contributed by atoms with Crippen molar-refractivity contribution in [3.05, 3.63) is 39.8 Å². The summed E-state index contributed by atoms with van der Waals surface area (Å²) in [6, 6.07) is 0. The van der Waals surface area contributed by atoms with Crippen LogP contribution in [0.15, 0.2) is 39.7 Å². The van der Waals surface area contributed by atoms with E-state index in [-0.39, 0.29) is 6.54 Å². The maximum atomic E-state index is 11.3. The van der Waals surface area contributed by atoms with Crippen LogP contribution in [0.5, 0.6) is 0 Å². The molecule has 128 valence electrons. The Hall–Kier alpha value is -2.28. The molecule has 0 saturated carbocycles.